The van der Waals surface area contributed by atoms with Crippen molar-refractivity contribution in [3.63, 3.8) is 0 Å². The monoisotopic (exact) mass is 821 g/mol. The first-order chi connectivity index (χ1) is 28.2. The topological polar surface area (TPSA) is 98.6 Å². The van der Waals surface area contributed by atoms with Gasteiger partial charge in [-0.05, 0) is 79.3 Å². The number of urea groups is 1. The summed E-state index contributed by atoms with van der Waals surface area (Å²) in [7, 11) is 1.55. The molecule has 7 rings (SSSR count). The summed E-state index contributed by atoms with van der Waals surface area (Å²) in [6.45, 7) is 12.3. The van der Waals surface area contributed by atoms with E-state index in [1.165, 1.54) is 26.3 Å². The van der Waals surface area contributed by atoms with Crippen LogP contribution in [0.15, 0.2) is 103 Å². The summed E-state index contributed by atoms with van der Waals surface area (Å²) in [6, 6.07) is 30.7. The van der Waals surface area contributed by atoms with Crippen LogP contribution in [0, 0.1) is 5.82 Å². The minimum absolute atomic E-state index is 0.0820. The van der Waals surface area contributed by atoms with E-state index in [4.69, 9.17) is 19.0 Å². The molecule has 3 heterocycles. The Morgan fingerprint density at radius 3 is 1.95 bits per heavy atom. The van der Waals surface area contributed by atoms with Crippen LogP contribution in [0.1, 0.15) is 46.5 Å². The Hall–Kier alpha value is -4.92. The highest BCUT2D eigenvalue weighted by Gasteiger charge is 2.55. The Kier molecular flexibility index (Phi) is 12.7. The van der Waals surface area contributed by atoms with Gasteiger partial charge in [-0.2, -0.15) is 5.10 Å². The normalized spacial score (nSPS) is 20.5. The van der Waals surface area contributed by atoms with Crippen molar-refractivity contribution in [3.05, 3.63) is 137 Å². The zero-order chi connectivity index (χ0) is 41.9. The molecule has 0 unspecified atom stereocenters. The molecule has 11 nitrogen and oxygen atoms in total. The van der Waals surface area contributed by atoms with Crippen molar-refractivity contribution in [1.29, 1.82) is 0 Å². The molecule has 4 aromatic carbocycles. The first kappa shape index (κ1) is 42.2. The molecule has 0 saturated carbocycles. The largest absolute Gasteiger partial charge is 0.360 e. The van der Waals surface area contributed by atoms with Gasteiger partial charge in [0.2, 0.25) is 0 Å². The number of carbonyl (C=O) groups is 2. The Labute approximate surface area is 347 Å². The molecule has 0 N–H and O–H groups in total. The van der Waals surface area contributed by atoms with Crippen LogP contribution in [-0.2, 0) is 51.7 Å². The molecule has 5 aromatic rings. The molecule has 3 amide bonds. The number of aromatic nitrogens is 2. The first-order valence-electron chi connectivity index (χ1n) is 20.3. The van der Waals surface area contributed by atoms with Crippen LogP contribution in [0.2, 0.25) is 25.7 Å². The van der Waals surface area contributed by atoms with E-state index in [0.717, 1.165) is 38.7 Å². The molecule has 1 aromatic heterocycles. The quantitative estimate of drug-likeness (QED) is 0.0596. The van der Waals surface area contributed by atoms with Crippen LogP contribution < -0.4 is 0 Å². The summed E-state index contributed by atoms with van der Waals surface area (Å²) in [5.41, 5.74) is 4.40. The highest BCUT2D eigenvalue weighted by atomic mass is 28.3. The number of hydrogen-bond donors (Lipinski definition) is 0. The van der Waals surface area contributed by atoms with Gasteiger partial charge in [-0.1, -0.05) is 92.4 Å². The molecule has 0 radical (unpaired) electrons. The molecule has 13 heteroatoms. The molecule has 2 aliphatic heterocycles. The lowest BCUT2D eigenvalue weighted by molar-refractivity contribution is -0.157. The molecule has 0 bridgehead atoms. The van der Waals surface area contributed by atoms with Gasteiger partial charge < -0.3 is 24.0 Å². The van der Waals surface area contributed by atoms with E-state index >= 15 is 9.18 Å². The summed E-state index contributed by atoms with van der Waals surface area (Å²) in [5, 5.41) is 6.57. The van der Waals surface area contributed by atoms with Gasteiger partial charge in [-0.3, -0.25) is 9.63 Å². The average molecular weight is 822 g/mol. The van der Waals surface area contributed by atoms with E-state index in [1.54, 1.807) is 6.07 Å². The van der Waals surface area contributed by atoms with Crippen molar-refractivity contribution in [2.24, 2.45) is 0 Å². The number of ether oxygens (including phenoxy) is 3. The van der Waals surface area contributed by atoms with Gasteiger partial charge in [0.05, 0.1) is 36.5 Å². The lowest BCUT2D eigenvalue weighted by Crippen LogP contribution is -2.51. The van der Waals surface area contributed by atoms with E-state index in [-0.39, 0.29) is 24.7 Å². The number of benzene rings is 4. The molecule has 0 aliphatic carbocycles. The third kappa shape index (κ3) is 9.93. The smallest absolute Gasteiger partial charge is 0.321 e. The molecule has 2 fully saturated rings. The Morgan fingerprint density at radius 2 is 1.39 bits per heavy atom. The fourth-order valence-corrected chi connectivity index (χ4v) is 8.85. The molecule has 2 saturated heterocycles. The van der Waals surface area contributed by atoms with E-state index in [9.17, 15) is 4.79 Å². The van der Waals surface area contributed by atoms with Crippen molar-refractivity contribution in [3.8, 4) is 0 Å². The molecule has 4 atom stereocenters. The van der Waals surface area contributed by atoms with E-state index < -0.39 is 49.9 Å². The highest BCUT2D eigenvalue weighted by molar-refractivity contribution is 6.76. The second-order valence-electron chi connectivity index (χ2n) is 17.3. The predicted molar refractivity (Wildman–Crippen MR) is 228 cm³/mol. The lowest BCUT2D eigenvalue weighted by atomic mass is 9.91. The van der Waals surface area contributed by atoms with Gasteiger partial charge in [0.1, 0.15) is 24.8 Å². The second-order valence-corrected chi connectivity index (χ2v) is 22.9. The van der Waals surface area contributed by atoms with Crippen LogP contribution in [0.3, 0.4) is 0 Å². The summed E-state index contributed by atoms with van der Waals surface area (Å²) < 4.78 is 36.8. The summed E-state index contributed by atoms with van der Waals surface area (Å²) in [6.07, 6.45) is 1.80. The van der Waals surface area contributed by atoms with Gasteiger partial charge >= 0.3 is 6.03 Å². The first-order valence-corrected chi connectivity index (χ1v) is 24.0. The minimum atomic E-state index is -1.23. The molecule has 312 valence electrons. The molecule has 0 spiro atoms. The van der Waals surface area contributed by atoms with Crippen molar-refractivity contribution < 1.29 is 33.0 Å². The van der Waals surface area contributed by atoms with E-state index in [2.05, 4.69) is 42.9 Å². The van der Waals surface area contributed by atoms with Crippen LogP contribution in [-0.4, -0.2) is 95.5 Å². The number of rotatable bonds is 15. The van der Waals surface area contributed by atoms with E-state index in [0.29, 0.717) is 31.7 Å². The van der Waals surface area contributed by atoms with Gasteiger partial charge in [0, 0.05) is 40.2 Å². The molecule has 2 aliphatic rings. The maximum absolute atomic E-state index is 15.6. The number of nitrogens with zero attached hydrogens (tertiary/aromatic N) is 5. The summed E-state index contributed by atoms with van der Waals surface area (Å²) in [5.74, 6) is -2.26. The Balaban J connectivity index is 1.30. The predicted octanol–water partition coefficient (Wildman–Crippen LogP) is 8.30. The number of carbonyl (C=O) groups excluding carboxylic acids is 2. The SMILES string of the molecule is CON(C)C(=O)c1cc(CN2C(=O)N(Cc3ccc4c(cnn4COCC[Si](C)(C)C)c3)[C@H](Cc3ccccc3)[C@@H]3OC(C)(C)O[C@H]3[C@H]2Cc2ccccc2)ccc1F. The zero-order valence-corrected chi connectivity index (χ0v) is 36.1. The molecular weight excluding hydrogens is 766 g/mol. The zero-order valence-electron chi connectivity index (χ0n) is 35.1. The molecular formula is C46H56FN5O6Si. The van der Waals surface area contributed by atoms with Crippen molar-refractivity contribution in [2.75, 3.05) is 20.8 Å². The van der Waals surface area contributed by atoms with Gasteiger partial charge in [-0.25, -0.2) is 18.9 Å². The standard InChI is InChI=1S/C46H56FN5O6Si/c1-46(2)57-42-40(26-32-14-10-8-11-15-32)50(29-34-19-21-39-36(24-34)28-48-52(39)31-56-22-23-59(5,6)7)45(54)51(41(43(42)58-46)27-33-16-12-9-13-17-33)30-35-18-20-38(47)37(25-35)44(53)49(3)55-4/h8-21,24-25,28,40-43H,22-23,26-27,29-31H2,1-7H3/t40-,41-,42+,43+/m1/s1. The lowest BCUT2D eigenvalue weighted by Gasteiger charge is -2.37. The second kappa shape index (κ2) is 17.7. The van der Waals surface area contributed by atoms with Gasteiger partial charge in [-0.15, -0.1) is 0 Å². The minimum Gasteiger partial charge on any atom is -0.360 e. The number of fused-ring (bicyclic) bond motifs is 2. The van der Waals surface area contributed by atoms with Crippen LogP contribution in [0.25, 0.3) is 10.9 Å². The van der Waals surface area contributed by atoms with Gasteiger partial charge in [0.15, 0.2) is 5.79 Å². The van der Waals surface area contributed by atoms with Crippen LogP contribution in [0.5, 0.6) is 0 Å². The Morgan fingerprint density at radius 1 is 0.831 bits per heavy atom. The van der Waals surface area contributed by atoms with Crippen molar-refractivity contribution >= 4 is 30.9 Å². The number of amides is 3. The highest BCUT2D eigenvalue weighted by Crippen LogP contribution is 2.41. The fraction of sp³-hybridized carbons (Fsp3) is 0.413. The number of hydroxylamine groups is 2. The maximum Gasteiger partial charge on any atom is 0.321 e. The fourth-order valence-electron chi connectivity index (χ4n) is 8.10. The third-order valence-electron chi connectivity index (χ3n) is 11.2. The summed E-state index contributed by atoms with van der Waals surface area (Å²) in [4.78, 5) is 37.6. The average Bonchev–Trinajstić information content (AvgIpc) is 3.76. The Bertz CT molecular complexity index is 2230. The molecule has 59 heavy (non-hydrogen) atoms. The van der Waals surface area contributed by atoms with Crippen molar-refractivity contribution in [2.45, 2.75) is 102 Å². The maximum atomic E-state index is 15.6. The third-order valence-corrected chi connectivity index (χ3v) is 12.9. The van der Waals surface area contributed by atoms with E-state index in [1.807, 2.05) is 95.2 Å². The van der Waals surface area contributed by atoms with Crippen LogP contribution in [0.4, 0.5) is 9.18 Å². The van der Waals surface area contributed by atoms with Crippen LogP contribution >= 0.6 is 0 Å². The number of hydrogen-bond acceptors (Lipinski definition) is 7. The summed E-state index contributed by atoms with van der Waals surface area (Å²) >= 11 is 0. The van der Waals surface area contributed by atoms with Crippen molar-refractivity contribution in [1.82, 2.24) is 24.6 Å². The van der Waals surface area contributed by atoms with Gasteiger partial charge in [0.25, 0.3) is 5.91 Å². The number of halogens is 1.